The molecule has 1 aromatic carbocycles. The molecule has 0 radical (unpaired) electrons. The van der Waals surface area contributed by atoms with E-state index in [0.717, 1.165) is 11.3 Å². The molecule has 0 bridgehead atoms. The van der Waals surface area contributed by atoms with Gasteiger partial charge in [0, 0.05) is 26.2 Å². The van der Waals surface area contributed by atoms with Crippen LogP contribution in [0.4, 0.5) is 0 Å². The second kappa shape index (κ2) is 7.91. The summed E-state index contributed by atoms with van der Waals surface area (Å²) in [7, 11) is -3.64. The van der Waals surface area contributed by atoms with Gasteiger partial charge in [-0.1, -0.05) is 11.3 Å². The molecule has 0 aliphatic carbocycles. The largest absolute Gasteiger partial charge is 0.379 e. The molecular weight excluding hydrogens is 406 g/mol. The number of fused-ring (bicyclic) bond motifs is 1. The Kier molecular flexibility index (Phi) is 5.52. The topological polar surface area (TPSA) is 98.2 Å². The molecule has 0 N–H and O–H groups in total. The Balaban J connectivity index is 1.61. The lowest BCUT2D eigenvalue weighted by atomic mass is 10.3. The Morgan fingerprint density at radius 3 is 2.36 bits per heavy atom. The molecule has 0 atom stereocenters. The summed E-state index contributed by atoms with van der Waals surface area (Å²) in [5, 5.41) is 0. The maximum Gasteiger partial charge on any atom is 0.308 e. The van der Waals surface area contributed by atoms with Gasteiger partial charge in [-0.3, -0.25) is 14.2 Å². The molecule has 11 heteroatoms. The van der Waals surface area contributed by atoms with Crippen LogP contribution in [-0.4, -0.2) is 80.7 Å². The molecule has 0 unspecified atom stereocenters. The van der Waals surface area contributed by atoms with E-state index in [1.54, 1.807) is 11.0 Å². The highest BCUT2D eigenvalue weighted by molar-refractivity contribution is 7.89. The summed E-state index contributed by atoms with van der Waals surface area (Å²) in [6, 6.07) is 4.62. The summed E-state index contributed by atoms with van der Waals surface area (Å²) in [5.41, 5.74) is 0.567. The molecule has 152 valence electrons. The second-order valence-electron chi connectivity index (χ2n) is 6.59. The third-order valence-corrected chi connectivity index (χ3v) is 7.74. The smallest absolute Gasteiger partial charge is 0.308 e. The highest BCUT2D eigenvalue weighted by atomic mass is 32.2. The number of hydrogen-bond donors (Lipinski definition) is 0. The van der Waals surface area contributed by atoms with Crippen LogP contribution in [0.2, 0.25) is 0 Å². The lowest BCUT2D eigenvalue weighted by Gasteiger charge is -2.27. The number of ether oxygens (including phenoxy) is 2. The average molecular weight is 428 g/mol. The quantitative estimate of drug-likeness (QED) is 0.678. The van der Waals surface area contributed by atoms with E-state index in [4.69, 9.17) is 9.47 Å². The number of aromatic nitrogens is 1. The van der Waals surface area contributed by atoms with Crippen molar-refractivity contribution in [2.45, 2.75) is 11.4 Å². The molecule has 0 spiro atoms. The second-order valence-corrected chi connectivity index (χ2v) is 9.52. The number of amides is 1. The van der Waals surface area contributed by atoms with Crippen LogP contribution in [0.25, 0.3) is 10.2 Å². The summed E-state index contributed by atoms with van der Waals surface area (Å²) in [4.78, 5) is 26.5. The highest BCUT2D eigenvalue weighted by Gasteiger charge is 2.27. The Morgan fingerprint density at radius 1 is 1.04 bits per heavy atom. The summed E-state index contributed by atoms with van der Waals surface area (Å²) >= 11 is 0.949. The summed E-state index contributed by atoms with van der Waals surface area (Å²) < 4.78 is 39.5. The Hall–Kier alpha value is -1.79. The first-order chi connectivity index (χ1) is 13.5. The van der Waals surface area contributed by atoms with Crippen LogP contribution < -0.4 is 4.87 Å². The number of carbonyl (C=O) groups is 1. The molecule has 28 heavy (non-hydrogen) atoms. The zero-order chi connectivity index (χ0) is 19.7. The zero-order valence-corrected chi connectivity index (χ0v) is 16.8. The summed E-state index contributed by atoms with van der Waals surface area (Å²) in [6.45, 7) is 3.31. The minimum absolute atomic E-state index is 0.0611. The minimum Gasteiger partial charge on any atom is -0.379 e. The maximum atomic E-state index is 12.8. The number of morpholine rings is 2. The van der Waals surface area contributed by atoms with E-state index >= 15 is 0 Å². The van der Waals surface area contributed by atoms with Crippen LogP contribution in [0.1, 0.15) is 0 Å². The normalized spacial score (nSPS) is 19.2. The molecule has 9 nitrogen and oxygen atoms in total. The summed E-state index contributed by atoms with van der Waals surface area (Å²) in [5.74, 6) is -0.143. The molecule has 2 saturated heterocycles. The first-order valence-electron chi connectivity index (χ1n) is 9.03. The molecular formula is C17H21N3O6S2. The predicted octanol–water partition coefficient (Wildman–Crippen LogP) is -0.0573. The van der Waals surface area contributed by atoms with Crippen molar-refractivity contribution >= 4 is 37.5 Å². The van der Waals surface area contributed by atoms with Gasteiger partial charge < -0.3 is 14.4 Å². The van der Waals surface area contributed by atoms with Gasteiger partial charge in [-0.15, -0.1) is 0 Å². The molecule has 2 fully saturated rings. The van der Waals surface area contributed by atoms with Crippen molar-refractivity contribution in [1.82, 2.24) is 13.8 Å². The van der Waals surface area contributed by atoms with Gasteiger partial charge in [0.25, 0.3) is 0 Å². The molecule has 1 aromatic heterocycles. The van der Waals surface area contributed by atoms with Crippen LogP contribution in [0.3, 0.4) is 0 Å². The van der Waals surface area contributed by atoms with E-state index in [9.17, 15) is 18.0 Å². The van der Waals surface area contributed by atoms with Crippen LogP contribution in [0.15, 0.2) is 27.9 Å². The fourth-order valence-corrected chi connectivity index (χ4v) is 5.78. The first-order valence-corrected chi connectivity index (χ1v) is 11.3. The lowest BCUT2D eigenvalue weighted by Crippen LogP contribution is -2.43. The standard InChI is InChI=1S/C17H21N3O6S2/c21-16(18-3-7-25-8-4-18)12-20-14-2-1-13(11-15(14)27-17(20)22)28(23,24)19-5-9-26-10-6-19/h1-2,11H,3-10,12H2. The number of rotatable bonds is 4. The van der Waals surface area contributed by atoms with Gasteiger partial charge in [0.05, 0.1) is 41.5 Å². The van der Waals surface area contributed by atoms with E-state index in [0.29, 0.717) is 62.8 Å². The van der Waals surface area contributed by atoms with Crippen molar-refractivity contribution in [2.24, 2.45) is 0 Å². The third-order valence-electron chi connectivity index (χ3n) is 4.90. The van der Waals surface area contributed by atoms with Crippen molar-refractivity contribution in [3.63, 3.8) is 0 Å². The first kappa shape index (κ1) is 19.5. The number of nitrogens with zero attached hydrogens (tertiary/aromatic N) is 3. The number of benzene rings is 1. The Bertz CT molecular complexity index is 1030. The van der Waals surface area contributed by atoms with Gasteiger partial charge in [0.2, 0.25) is 15.9 Å². The molecule has 2 aromatic rings. The van der Waals surface area contributed by atoms with Crippen LogP contribution in [-0.2, 0) is 30.8 Å². The Labute approximate surface area is 166 Å². The van der Waals surface area contributed by atoms with Gasteiger partial charge >= 0.3 is 4.87 Å². The van der Waals surface area contributed by atoms with Crippen LogP contribution in [0, 0.1) is 0 Å². The molecule has 0 saturated carbocycles. The van der Waals surface area contributed by atoms with Crippen molar-refractivity contribution in [3.05, 3.63) is 27.9 Å². The van der Waals surface area contributed by atoms with Crippen LogP contribution >= 0.6 is 11.3 Å². The van der Waals surface area contributed by atoms with E-state index in [-0.39, 0.29) is 22.2 Å². The number of hydrogen-bond acceptors (Lipinski definition) is 7. The molecule has 2 aliphatic heterocycles. The predicted molar refractivity (Wildman–Crippen MR) is 103 cm³/mol. The minimum atomic E-state index is -3.64. The van der Waals surface area contributed by atoms with Crippen molar-refractivity contribution in [1.29, 1.82) is 0 Å². The fraction of sp³-hybridized carbons (Fsp3) is 0.529. The molecule has 2 aliphatic rings. The maximum absolute atomic E-state index is 12.8. The van der Waals surface area contributed by atoms with Crippen molar-refractivity contribution in [3.8, 4) is 0 Å². The van der Waals surface area contributed by atoms with Gasteiger partial charge in [0.15, 0.2) is 0 Å². The number of sulfonamides is 1. The number of thiazole rings is 1. The average Bonchev–Trinajstić information content (AvgIpc) is 3.03. The highest BCUT2D eigenvalue weighted by Crippen LogP contribution is 2.24. The van der Waals surface area contributed by atoms with Crippen molar-refractivity contribution in [2.75, 3.05) is 52.6 Å². The molecule has 1 amide bonds. The van der Waals surface area contributed by atoms with E-state index in [1.807, 2.05) is 0 Å². The SMILES string of the molecule is O=C(Cn1c(=O)sc2cc(S(=O)(=O)N3CCOCC3)ccc21)N1CCOCC1. The zero-order valence-electron chi connectivity index (χ0n) is 15.2. The van der Waals surface area contributed by atoms with Crippen molar-refractivity contribution < 1.29 is 22.7 Å². The van der Waals surface area contributed by atoms with Gasteiger partial charge in [-0.25, -0.2) is 8.42 Å². The summed E-state index contributed by atoms with van der Waals surface area (Å²) in [6.07, 6.45) is 0. The van der Waals surface area contributed by atoms with E-state index in [2.05, 4.69) is 0 Å². The van der Waals surface area contributed by atoms with Gasteiger partial charge in [0.1, 0.15) is 6.54 Å². The molecule has 4 rings (SSSR count). The van der Waals surface area contributed by atoms with Crippen LogP contribution in [0.5, 0.6) is 0 Å². The van der Waals surface area contributed by atoms with E-state index < -0.39 is 10.0 Å². The van der Waals surface area contributed by atoms with E-state index in [1.165, 1.54) is 21.0 Å². The third kappa shape index (κ3) is 3.72. The van der Waals surface area contributed by atoms with Gasteiger partial charge in [-0.05, 0) is 18.2 Å². The Morgan fingerprint density at radius 2 is 1.68 bits per heavy atom. The van der Waals surface area contributed by atoms with Gasteiger partial charge in [-0.2, -0.15) is 4.31 Å². The molecule has 3 heterocycles. The fourth-order valence-electron chi connectivity index (χ4n) is 3.34. The number of carbonyl (C=O) groups excluding carboxylic acids is 1. The lowest BCUT2D eigenvalue weighted by molar-refractivity contribution is -0.135. The monoisotopic (exact) mass is 427 g/mol.